The molecular weight excluding hydrogens is 542 g/mol. The second-order valence-electron chi connectivity index (χ2n) is 9.10. The van der Waals surface area contributed by atoms with Gasteiger partial charge in [-0.1, -0.05) is 36.4 Å². The molecule has 6 aromatic rings. The molecule has 2 N–H and O–H groups in total. The SMILES string of the molecule is C[C@@H](c1oc2cccc(F)c2c(=O)c1-c1ccccc1)n1nc(-c2ccc(OC(F)F)c(F)c2)c2c(N)ncnc21. The van der Waals surface area contributed by atoms with Gasteiger partial charge in [-0.2, -0.15) is 13.9 Å². The molecule has 0 saturated carbocycles. The van der Waals surface area contributed by atoms with Crippen LogP contribution in [0.2, 0.25) is 0 Å². The Hall–Kier alpha value is -5.26. The molecule has 12 heteroatoms. The molecule has 0 fully saturated rings. The molecular formula is C29H19F4N5O3. The van der Waals surface area contributed by atoms with Crippen molar-refractivity contribution in [2.45, 2.75) is 19.6 Å². The lowest BCUT2D eigenvalue weighted by atomic mass is 9.99. The van der Waals surface area contributed by atoms with E-state index in [1.165, 1.54) is 35.3 Å². The number of nitrogens with two attached hydrogens (primary N) is 1. The number of halogens is 4. The number of benzene rings is 3. The summed E-state index contributed by atoms with van der Waals surface area (Å²) >= 11 is 0. The Balaban J connectivity index is 1.59. The van der Waals surface area contributed by atoms with Crippen LogP contribution in [0.15, 0.2) is 82.3 Å². The van der Waals surface area contributed by atoms with E-state index in [4.69, 9.17) is 10.2 Å². The predicted molar refractivity (Wildman–Crippen MR) is 143 cm³/mol. The molecule has 0 aliphatic heterocycles. The van der Waals surface area contributed by atoms with Crippen LogP contribution >= 0.6 is 0 Å². The summed E-state index contributed by atoms with van der Waals surface area (Å²) in [4.78, 5) is 22.1. The number of nitrogens with zero attached hydrogens (tertiary/aromatic N) is 4. The third-order valence-electron chi connectivity index (χ3n) is 6.64. The number of ether oxygens (including phenoxy) is 1. The molecule has 3 aromatic heterocycles. The summed E-state index contributed by atoms with van der Waals surface area (Å²) in [7, 11) is 0. The van der Waals surface area contributed by atoms with Crippen molar-refractivity contribution in [3.8, 4) is 28.1 Å². The molecule has 41 heavy (non-hydrogen) atoms. The van der Waals surface area contributed by atoms with E-state index >= 15 is 0 Å². The van der Waals surface area contributed by atoms with Crippen molar-refractivity contribution in [2.75, 3.05) is 5.73 Å². The summed E-state index contributed by atoms with van der Waals surface area (Å²) in [5.74, 6) is -2.20. The molecule has 0 unspecified atom stereocenters. The van der Waals surface area contributed by atoms with E-state index in [-0.39, 0.29) is 50.4 Å². The quantitative estimate of drug-likeness (QED) is 0.237. The van der Waals surface area contributed by atoms with E-state index in [1.807, 2.05) is 0 Å². The Morgan fingerprint density at radius 2 is 1.71 bits per heavy atom. The van der Waals surface area contributed by atoms with Gasteiger partial charge in [0.2, 0.25) is 5.43 Å². The fraction of sp³-hybridized carbons (Fsp3) is 0.103. The second-order valence-corrected chi connectivity index (χ2v) is 9.10. The van der Waals surface area contributed by atoms with E-state index in [2.05, 4.69) is 19.8 Å². The van der Waals surface area contributed by atoms with Gasteiger partial charge in [0.15, 0.2) is 17.2 Å². The maximum absolute atomic E-state index is 14.8. The lowest BCUT2D eigenvalue weighted by Crippen LogP contribution is -2.17. The van der Waals surface area contributed by atoms with Crippen LogP contribution in [0.5, 0.6) is 5.75 Å². The minimum atomic E-state index is -3.20. The predicted octanol–water partition coefficient (Wildman–Crippen LogP) is 6.34. The Labute approximate surface area is 228 Å². The van der Waals surface area contributed by atoms with Crippen molar-refractivity contribution >= 4 is 27.8 Å². The van der Waals surface area contributed by atoms with Crippen molar-refractivity contribution in [1.82, 2.24) is 19.7 Å². The van der Waals surface area contributed by atoms with Crippen LogP contribution in [0.25, 0.3) is 44.4 Å². The number of hydrogen-bond donors (Lipinski definition) is 1. The van der Waals surface area contributed by atoms with Gasteiger partial charge in [0.25, 0.3) is 0 Å². The van der Waals surface area contributed by atoms with Crippen LogP contribution < -0.4 is 15.9 Å². The standard InChI is InChI=1S/C29H19F4N5O3/c1-14(26-21(15-6-3-2-4-7-15)25(39)22-17(30)8-5-9-20(22)40-26)38-28-23(27(34)35-13-36-28)24(37-38)16-10-11-19(18(31)12-16)41-29(32)33/h2-14,29H,1H3,(H2,34,35,36)/t14-/m0/s1. The highest BCUT2D eigenvalue weighted by Gasteiger charge is 2.28. The molecule has 6 rings (SSSR count). The largest absolute Gasteiger partial charge is 0.458 e. The van der Waals surface area contributed by atoms with Gasteiger partial charge in [-0.25, -0.2) is 23.4 Å². The summed E-state index contributed by atoms with van der Waals surface area (Å²) < 4.78 is 66.6. The zero-order valence-electron chi connectivity index (χ0n) is 21.2. The molecule has 0 aliphatic rings. The van der Waals surface area contributed by atoms with Crippen molar-refractivity contribution < 1.29 is 26.7 Å². The van der Waals surface area contributed by atoms with Gasteiger partial charge in [-0.3, -0.25) is 4.79 Å². The molecule has 0 saturated heterocycles. The number of nitrogen functional groups attached to an aromatic ring is 1. The first-order valence-electron chi connectivity index (χ1n) is 12.3. The van der Waals surface area contributed by atoms with Gasteiger partial charge in [0.1, 0.15) is 46.4 Å². The van der Waals surface area contributed by atoms with Crippen LogP contribution in [-0.4, -0.2) is 26.4 Å². The Morgan fingerprint density at radius 1 is 0.927 bits per heavy atom. The monoisotopic (exact) mass is 561 g/mol. The summed E-state index contributed by atoms with van der Waals surface area (Å²) in [5.41, 5.74) is 6.85. The van der Waals surface area contributed by atoms with Gasteiger partial charge < -0.3 is 14.9 Å². The van der Waals surface area contributed by atoms with Crippen LogP contribution in [0, 0.1) is 11.6 Å². The van der Waals surface area contributed by atoms with Gasteiger partial charge in [-0.15, -0.1) is 0 Å². The average Bonchev–Trinajstić information content (AvgIpc) is 3.35. The minimum absolute atomic E-state index is 0.0297. The first-order chi connectivity index (χ1) is 19.7. The van der Waals surface area contributed by atoms with Crippen molar-refractivity contribution in [1.29, 1.82) is 0 Å². The molecule has 0 radical (unpaired) electrons. The first kappa shape index (κ1) is 26.0. The Kier molecular flexibility index (Phi) is 6.37. The number of hydrogen-bond acceptors (Lipinski definition) is 7. The highest BCUT2D eigenvalue weighted by Crippen LogP contribution is 2.37. The van der Waals surface area contributed by atoms with E-state index in [9.17, 15) is 22.4 Å². The van der Waals surface area contributed by atoms with Crippen LogP contribution in [-0.2, 0) is 0 Å². The Bertz CT molecular complexity index is 1990. The summed E-state index contributed by atoms with van der Waals surface area (Å²) in [6, 6.07) is 15.3. The fourth-order valence-electron chi connectivity index (χ4n) is 4.81. The van der Waals surface area contributed by atoms with Gasteiger partial charge in [-0.05, 0) is 42.8 Å². The number of anilines is 1. The molecule has 206 valence electrons. The van der Waals surface area contributed by atoms with Crippen molar-refractivity contribution in [3.63, 3.8) is 0 Å². The third-order valence-corrected chi connectivity index (χ3v) is 6.64. The van der Waals surface area contributed by atoms with E-state index in [0.29, 0.717) is 5.56 Å². The van der Waals surface area contributed by atoms with Crippen LogP contribution in [0.3, 0.4) is 0 Å². The lowest BCUT2D eigenvalue weighted by molar-refractivity contribution is -0.0521. The normalized spacial score (nSPS) is 12.3. The van der Waals surface area contributed by atoms with E-state index < -0.39 is 35.5 Å². The molecule has 3 aromatic carbocycles. The average molecular weight is 561 g/mol. The third kappa shape index (κ3) is 4.42. The molecule has 0 bridgehead atoms. The number of fused-ring (bicyclic) bond motifs is 2. The molecule has 0 amide bonds. The maximum Gasteiger partial charge on any atom is 0.387 e. The zero-order chi connectivity index (χ0) is 28.8. The first-order valence-corrected chi connectivity index (χ1v) is 12.3. The Morgan fingerprint density at radius 3 is 2.44 bits per heavy atom. The molecule has 8 nitrogen and oxygen atoms in total. The van der Waals surface area contributed by atoms with E-state index in [1.54, 1.807) is 37.3 Å². The van der Waals surface area contributed by atoms with Crippen molar-refractivity contribution in [3.05, 3.63) is 101 Å². The van der Waals surface area contributed by atoms with Crippen molar-refractivity contribution in [2.24, 2.45) is 0 Å². The minimum Gasteiger partial charge on any atom is -0.458 e. The van der Waals surface area contributed by atoms with Crippen LogP contribution in [0.4, 0.5) is 23.4 Å². The number of aromatic nitrogens is 4. The second kappa shape index (κ2) is 10.0. The van der Waals surface area contributed by atoms with Gasteiger partial charge in [0.05, 0.1) is 10.9 Å². The highest BCUT2D eigenvalue weighted by atomic mass is 19.3. The van der Waals surface area contributed by atoms with E-state index in [0.717, 1.165) is 12.1 Å². The van der Waals surface area contributed by atoms with Gasteiger partial charge >= 0.3 is 6.61 Å². The number of alkyl halides is 2. The molecule has 3 heterocycles. The molecule has 0 aliphatic carbocycles. The fourth-order valence-corrected chi connectivity index (χ4v) is 4.81. The number of rotatable bonds is 6. The zero-order valence-corrected chi connectivity index (χ0v) is 21.2. The highest BCUT2D eigenvalue weighted by molar-refractivity contribution is 5.98. The summed E-state index contributed by atoms with van der Waals surface area (Å²) in [6.07, 6.45) is 1.22. The molecule has 0 spiro atoms. The van der Waals surface area contributed by atoms with Crippen LogP contribution in [0.1, 0.15) is 18.7 Å². The lowest BCUT2D eigenvalue weighted by Gasteiger charge is -2.17. The summed E-state index contributed by atoms with van der Waals surface area (Å²) in [5, 5.41) is 4.70. The topological polar surface area (TPSA) is 109 Å². The van der Waals surface area contributed by atoms with Gasteiger partial charge in [0, 0.05) is 5.56 Å². The molecule has 1 atom stereocenters. The smallest absolute Gasteiger partial charge is 0.387 e. The summed E-state index contributed by atoms with van der Waals surface area (Å²) in [6.45, 7) is -1.51. The maximum atomic E-state index is 14.8.